The van der Waals surface area contributed by atoms with Gasteiger partial charge in [0.1, 0.15) is 0 Å². The van der Waals surface area contributed by atoms with E-state index in [1.807, 2.05) is 0 Å². The Hall–Kier alpha value is -2.18. The van der Waals surface area contributed by atoms with Crippen LogP contribution >= 0.6 is 0 Å². The van der Waals surface area contributed by atoms with Crippen molar-refractivity contribution in [3.63, 3.8) is 0 Å². The van der Waals surface area contributed by atoms with Gasteiger partial charge < -0.3 is 0 Å². The minimum absolute atomic E-state index is 1.05. The fraction of sp³-hybridized carbons (Fsp3) is 0.500. The standard InChI is InChI=1S/C8H10GeO11/c10-5(11)1-3(7(14)15)19-9(18)20-4(8(16)17)2-6(12)13/h3-4H,1-2H2,(H,10,11)(H,12,13)(H,14,15)(H,16,17). The van der Waals surface area contributed by atoms with E-state index in [-0.39, 0.29) is 0 Å². The van der Waals surface area contributed by atoms with E-state index in [4.69, 9.17) is 10.2 Å². The number of rotatable bonds is 10. The van der Waals surface area contributed by atoms with Crippen LogP contribution in [0.3, 0.4) is 0 Å². The number of carboxylic acid groups (broad SMARTS) is 2. The first-order valence-corrected chi connectivity index (χ1v) is 7.48. The van der Waals surface area contributed by atoms with Crippen LogP contribution in [0.15, 0.2) is 0 Å². The molecule has 0 radical (unpaired) electrons. The van der Waals surface area contributed by atoms with Crippen LogP contribution in [-0.2, 0) is 30.5 Å². The van der Waals surface area contributed by atoms with Gasteiger partial charge in [-0.1, -0.05) is 0 Å². The maximum absolute atomic E-state index is 11.3. The average molecular weight is 355 g/mol. The Balaban J connectivity index is 4.63. The molecule has 0 aliphatic rings. The third kappa shape index (κ3) is 7.30. The van der Waals surface area contributed by atoms with Gasteiger partial charge in [-0.05, 0) is 0 Å². The summed E-state index contributed by atoms with van der Waals surface area (Å²) >= 11 is -4.35. The van der Waals surface area contributed by atoms with Crippen molar-refractivity contribution in [2.45, 2.75) is 25.0 Å². The summed E-state index contributed by atoms with van der Waals surface area (Å²) in [5, 5.41) is 33.8. The monoisotopic (exact) mass is 356 g/mol. The van der Waals surface area contributed by atoms with Gasteiger partial charge in [-0.25, -0.2) is 0 Å². The van der Waals surface area contributed by atoms with Crippen molar-refractivity contribution < 1.29 is 50.9 Å². The molecule has 2 unspecified atom stereocenters. The van der Waals surface area contributed by atoms with Crippen LogP contribution in [0.4, 0.5) is 0 Å². The summed E-state index contributed by atoms with van der Waals surface area (Å²) in [6, 6.07) is 0. The Morgan fingerprint density at radius 2 is 1.20 bits per heavy atom. The quantitative estimate of drug-likeness (QED) is 0.270. The van der Waals surface area contributed by atoms with Gasteiger partial charge in [-0.3, -0.25) is 0 Å². The van der Waals surface area contributed by atoms with Crippen molar-refractivity contribution in [2.75, 3.05) is 0 Å². The molecule has 0 rings (SSSR count). The molecule has 0 bridgehead atoms. The number of carboxylic acids is 2. The minimum atomic E-state index is -4.35. The van der Waals surface area contributed by atoms with Crippen molar-refractivity contribution in [2.24, 2.45) is 0 Å². The number of hydrogen-bond acceptors (Lipinski definition) is 9. The van der Waals surface area contributed by atoms with Crippen molar-refractivity contribution in [1.82, 2.24) is 0 Å². The summed E-state index contributed by atoms with van der Waals surface area (Å²) in [6.07, 6.45) is -5.94. The van der Waals surface area contributed by atoms with Crippen molar-refractivity contribution in [1.29, 1.82) is 0 Å². The molecule has 0 aliphatic carbocycles. The van der Waals surface area contributed by atoms with E-state index in [2.05, 4.69) is 7.53 Å². The van der Waals surface area contributed by atoms with Gasteiger partial charge in [0.25, 0.3) is 0 Å². The SMILES string of the molecule is O=C([O-])CC([O][Ge](=[O])[O]C(CC(=O)[O-])C(=O)[OH2+])C(=O)[OH2+]. The number of hydrogen-bond donors (Lipinski definition) is 0. The molecular formula is C8H10GeO11. The molecule has 0 aliphatic heterocycles. The molecule has 0 heterocycles. The fourth-order valence-corrected chi connectivity index (χ4v) is 2.83. The predicted octanol–water partition coefficient (Wildman–Crippen LogP) is -6.05. The van der Waals surface area contributed by atoms with Crippen LogP contribution in [0.1, 0.15) is 12.8 Å². The molecule has 0 saturated carbocycles. The van der Waals surface area contributed by atoms with E-state index < -0.39 is 63.9 Å². The van der Waals surface area contributed by atoms with Gasteiger partial charge in [0.05, 0.1) is 0 Å². The topological polar surface area (TPSA) is 196 Å². The van der Waals surface area contributed by atoms with E-state index in [0.29, 0.717) is 0 Å². The molecule has 12 heteroatoms. The summed E-state index contributed by atoms with van der Waals surface area (Å²) in [5.74, 6) is -6.51. The third-order valence-corrected chi connectivity index (χ3v) is 3.77. The molecule has 0 saturated heterocycles. The van der Waals surface area contributed by atoms with E-state index in [9.17, 15) is 33.2 Å². The van der Waals surface area contributed by atoms with Gasteiger partial charge >= 0.3 is 115 Å². The summed E-state index contributed by atoms with van der Waals surface area (Å²) in [6.45, 7) is 0. The Bertz CT molecular complexity index is 392. The zero-order valence-corrected chi connectivity index (χ0v) is 11.8. The first-order valence-electron chi connectivity index (χ1n) is 4.91. The second kappa shape index (κ2) is 8.09. The molecule has 0 fully saturated rings. The normalized spacial score (nSPS) is 12.8. The van der Waals surface area contributed by atoms with Crippen LogP contribution < -0.4 is 10.2 Å². The molecule has 11 nitrogen and oxygen atoms in total. The predicted molar refractivity (Wildman–Crippen MR) is 52.7 cm³/mol. The van der Waals surface area contributed by atoms with Crippen molar-refractivity contribution >= 4 is 38.8 Å². The van der Waals surface area contributed by atoms with E-state index >= 15 is 0 Å². The number of aliphatic carboxylic acids is 2. The van der Waals surface area contributed by atoms with Gasteiger partial charge in [0, 0.05) is 0 Å². The first kappa shape index (κ1) is 17.8. The van der Waals surface area contributed by atoms with Crippen molar-refractivity contribution in [3.05, 3.63) is 0 Å². The Morgan fingerprint density at radius 3 is 1.40 bits per heavy atom. The summed E-state index contributed by atoms with van der Waals surface area (Å²) < 4.78 is 20.1. The van der Waals surface area contributed by atoms with E-state index in [1.54, 1.807) is 0 Å². The zero-order chi connectivity index (χ0) is 15.9. The number of carbonyl (C=O) groups is 4. The third-order valence-electron chi connectivity index (χ3n) is 1.77. The average Bonchev–Trinajstić information content (AvgIpc) is 2.25. The Kier molecular flexibility index (Phi) is 7.21. The van der Waals surface area contributed by atoms with Crippen molar-refractivity contribution in [3.8, 4) is 0 Å². The molecule has 0 aromatic heterocycles. The zero-order valence-electron chi connectivity index (χ0n) is 9.74. The van der Waals surface area contributed by atoms with E-state index in [0.717, 1.165) is 0 Å². The van der Waals surface area contributed by atoms with Crippen LogP contribution in [0, 0.1) is 0 Å². The molecule has 112 valence electrons. The Morgan fingerprint density at radius 1 is 0.900 bits per heavy atom. The maximum atomic E-state index is 11.3. The summed E-state index contributed by atoms with van der Waals surface area (Å²) in [4.78, 5) is 41.9. The molecule has 0 aromatic rings. The van der Waals surface area contributed by atoms with Crippen LogP contribution in [0.5, 0.6) is 0 Å². The van der Waals surface area contributed by atoms with Crippen LogP contribution in [0.2, 0.25) is 0 Å². The van der Waals surface area contributed by atoms with Gasteiger partial charge in [0.2, 0.25) is 0 Å². The molecule has 4 N–H and O–H groups in total. The second-order valence-corrected chi connectivity index (χ2v) is 5.38. The van der Waals surface area contributed by atoms with Gasteiger partial charge in [0.15, 0.2) is 0 Å². The number of carbonyl (C=O) groups excluding carboxylic acids is 4. The summed E-state index contributed by atoms with van der Waals surface area (Å²) in [7, 11) is 0. The Labute approximate surface area is 115 Å². The molecule has 0 amide bonds. The van der Waals surface area contributed by atoms with Crippen LogP contribution in [-0.4, -0.2) is 61.3 Å². The van der Waals surface area contributed by atoms with Crippen LogP contribution in [0.25, 0.3) is 0 Å². The van der Waals surface area contributed by atoms with E-state index in [1.165, 1.54) is 0 Å². The molecule has 20 heavy (non-hydrogen) atoms. The molecular weight excluding hydrogens is 345 g/mol. The molecule has 0 spiro atoms. The summed E-state index contributed by atoms with van der Waals surface area (Å²) in [5.41, 5.74) is 0. The first-order chi connectivity index (χ1) is 9.13. The molecule has 0 aromatic carbocycles. The van der Waals surface area contributed by atoms with Gasteiger partial charge in [-0.2, -0.15) is 0 Å². The second-order valence-electron chi connectivity index (χ2n) is 3.34. The fourth-order valence-electron chi connectivity index (χ4n) is 0.939. The molecule has 2 atom stereocenters. The van der Waals surface area contributed by atoms with Gasteiger partial charge in [-0.15, -0.1) is 0 Å².